The molecule has 1 heterocycles. The van der Waals surface area contributed by atoms with Gasteiger partial charge in [-0.15, -0.1) is 0 Å². The van der Waals surface area contributed by atoms with Crippen LogP contribution in [0.1, 0.15) is 28.3 Å². The van der Waals surface area contributed by atoms with Crippen molar-refractivity contribution in [3.63, 3.8) is 0 Å². The summed E-state index contributed by atoms with van der Waals surface area (Å²) in [4.78, 5) is 4.69. The SMILES string of the molecule is Cc1ccc(S(=O)(=O)NC[C@H](c2ccc(N(C)C)cc2)N2CCc3ccccc32)cc1C. The summed E-state index contributed by atoms with van der Waals surface area (Å²) in [6.45, 7) is 5.08. The van der Waals surface area contributed by atoms with E-state index >= 15 is 0 Å². The van der Waals surface area contributed by atoms with E-state index in [1.807, 2.05) is 40.1 Å². The molecule has 4 rings (SSSR count). The molecular weight excluding hydrogens is 418 g/mol. The summed E-state index contributed by atoms with van der Waals surface area (Å²) in [5.41, 5.74) is 6.74. The van der Waals surface area contributed by atoms with E-state index in [1.54, 1.807) is 12.1 Å². The molecule has 3 aromatic rings. The van der Waals surface area contributed by atoms with Crippen molar-refractivity contribution in [3.8, 4) is 0 Å². The lowest BCUT2D eigenvalue weighted by Gasteiger charge is -2.31. The summed E-state index contributed by atoms with van der Waals surface area (Å²) in [7, 11) is 0.414. The van der Waals surface area contributed by atoms with Crippen LogP contribution in [0.2, 0.25) is 0 Å². The second kappa shape index (κ2) is 8.96. The van der Waals surface area contributed by atoms with Crippen molar-refractivity contribution in [2.24, 2.45) is 0 Å². The van der Waals surface area contributed by atoms with Crippen LogP contribution in [0, 0.1) is 13.8 Å². The fourth-order valence-electron chi connectivity index (χ4n) is 4.24. The lowest BCUT2D eigenvalue weighted by atomic mass is 10.0. The number of hydrogen-bond acceptors (Lipinski definition) is 4. The molecule has 0 saturated heterocycles. The molecule has 0 radical (unpaired) electrons. The zero-order valence-electron chi connectivity index (χ0n) is 19.2. The molecule has 1 N–H and O–H groups in total. The molecule has 0 unspecified atom stereocenters. The topological polar surface area (TPSA) is 52.7 Å². The van der Waals surface area contributed by atoms with Gasteiger partial charge in [0.05, 0.1) is 10.9 Å². The van der Waals surface area contributed by atoms with Gasteiger partial charge in [0.1, 0.15) is 0 Å². The number of para-hydroxylation sites is 1. The Bertz CT molecular complexity index is 1200. The smallest absolute Gasteiger partial charge is 0.240 e. The minimum atomic E-state index is -3.62. The van der Waals surface area contributed by atoms with Gasteiger partial charge in [0, 0.05) is 38.6 Å². The van der Waals surface area contributed by atoms with E-state index in [9.17, 15) is 8.42 Å². The monoisotopic (exact) mass is 449 g/mol. The molecule has 168 valence electrons. The van der Waals surface area contributed by atoms with Gasteiger partial charge in [-0.05, 0) is 72.9 Å². The minimum Gasteiger partial charge on any atom is -0.378 e. The molecule has 0 amide bonds. The second-order valence-corrected chi connectivity index (χ2v) is 10.4. The first kappa shape index (κ1) is 22.4. The number of anilines is 2. The summed E-state index contributed by atoms with van der Waals surface area (Å²) >= 11 is 0. The molecule has 1 aliphatic rings. The fraction of sp³-hybridized carbons (Fsp3) is 0.308. The van der Waals surface area contributed by atoms with Crippen LogP contribution >= 0.6 is 0 Å². The Hall–Kier alpha value is -2.83. The first-order valence-corrected chi connectivity index (χ1v) is 12.4. The van der Waals surface area contributed by atoms with Crippen LogP contribution in [-0.2, 0) is 16.4 Å². The van der Waals surface area contributed by atoms with E-state index in [2.05, 4.69) is 57.0 Å². The normalized spacial score (nSPS) is 14.3. The van der Waals surface area contributed by atoms with Crippen molar-refractivity contribution >= 4 is 21.4 Å². The molecular formula is C26H31N3O2S. The fourth-order valence-corrected chi connectivity index (χ4v) is 5.37. The van der Waals surface area contributed by atoms with Crippen molar-refractivity contribution in [1.82, 2.24) is 4.72 Å². The van der Waals surface area contributed by atoms with Crippen LogP contribution in [0.25, 0.3) is 0 Å². The maximum absolute atomic E-state index is 13.1. The van der Waals surface area contributed by atoms with Gasteiger partial charge < -0.3 is 9.80 Å². The molecule has 0 saturated carbocycles. The highest BCUT2D eigenvalue weighted by atomic mass is 32.2. The van der Waals surface area contributed by atoms with Crippen molar-refractivity contribution in [1.29, 1.82) is 0 Å². The zero-order chi connectivity index (χ0) is 22.9. The van der Waals surface area contributed by atoms with Crippen molar-refractivity contribution < 1.29 is 8.42 Å². The Balaban J connectivity index is 1.64. The molecule has 1 aliphatic heterocycles. The summed E-state index contributed by atoms with van der Waals surface area (Å²) in [6.07, 6.45) is 0.965. The third-order valence-corrected chi connectivity index (χ3v) is 7.77. The number of nitrogens with zero attached hydrogens (tertiary/aromatic N) is 2. The zero-order valence-corrected chi connectivity index (χ0v) is 20.0. The first-order chi connectivity index (χ1) is 15.3. The second-order valence-electron chi connectivity index (χ2n) is 8.67. The van der Waals surface area contributed by atoms with E-state index in [0.29, 0.717) is 11.4 Å². The lowest BCUT2D eigenvalue weighted by Crippen LogP contribution is -2.37. The predicted molar refractivity (Wildman–Crippen MR) is 132 cm³/mol. The first-order valence-electron chi connectivity index (χ1n) is 10.9. The largest absolute Gasteiger partial charge is 0.378 e. The molecule has 0 bridgehead atoms. The molecule has 3 aromatic carbocycles. The van der Waals surface area contributed by atoms with Gasteiger partial charge in [0.15, 0.2) is 0 Å². The van der Waals surface area contributed by atoms with Crippen molar-refractivity contribution in [2.45, 2.75) is 31.2 Å². The molecule has 1 atom stereocenters. The molecule has 0 aromatic heterocycles. The Labute approximate surface area is 191 Å². The number of nitrogens with one attached hydrogen (secondary N) is 1. The van der Waals surface area contributed by atoms with E-state index in [4.69, 9.17) is 0 Å². The number of rotatable bonds is 7. The van der Waals surface area contributed by atoms with E-state index in [-0.39, 0.29) is 6.04 Å². The van der Waals surface area contributed by atoms with E-state index in [0.717, 1.165) is 35.3 Å². The number of benzene rings is 3. The molecule has 0 spiro atoms. The van der Waals surface area contributed by atoms with Gasteiger partial charge in [-0.3, -0.25) is 0 Å². The number of aryl methyl sites for hydroxylation is 2. The standard InChI is InChI=1S/C26H31N3O2S/c1-19-9-14-24(17-20(19)2)32(30,31)27-18-26(22-10-12-23(13-11-22)28(3)4)29-16-15-21-7-5-6-8-25(21)29/h5-14,17,26-27H,15-16,18H2,1-4H3/t26-/m1/s1. The van der Waals surface area contributed by atoms with Gasteiger partial charge in [-0.1, -0.05) is 36.4 Å². The summed E-state index contributed by atoms with van der Waals surface area (Å²) < 4.78 is 29.1. The number of hydrogen-bond donors (Lipinski definition) is 1. The average molecular weight is 450 g/mol. The van der Waals surface area contributed by atoms with Crippen molar-refractivity contribution in [3.05, 3.63) is 89.0 Å². The highest BCUT2D eigenvalue weighted by molar-refractivity contribution is 7.89. The molecule has 0 fully saturated rings. The highest BCUT2D eigenvalue weighted by Gasteiger charge is 2.28. The van der Waals surface area contributed by atoms with Gasteiger partial charge in [-0.2, -0.15) is 0 Å². The Morgan fingerprint density at radius 2 is 1.69 bits per heavy atom. The van der Waals surface area contributed by atoms with Crippen LogP contribution in [0.15, 0.2) is 71.6 Å². The van der Waals surface area contributed by atoms with Gasteiger partial charge in [-0.25, -0.2) is 13.1 Å². The van der Waals surface area contributed by atoms with E-state index in [1.165, 1.54) is 11.3 Å². The average Bonchev–Trinajstić information content (AvgIpc) is 3.20. The third-order valence-electron chi connectivity index (χ3n) is 6.35. The molecule has 32 heavy (non-hydrogen) atoms. The number of sulfonamides is 1. The Morgan fingerprint density at radius 3 is 2.38 bits per heavy atom. The van der Waals surface area contributed by atoms with Crippen molar-refractivity contribution in [2.75, 3.05) is 37.0 Å². The molecule has 5 nitrogen and oxygen atoms in total. The third kappa shape index (κ3) is 4.52. The quantitative estimate of drug-likeness (QED) is 0.579. The maximum Gasteiger partial charge on any atom is 0.240 e. The van der Waals surface area contributed by atoms with Crippen LogP contribution in [0.4, 0.5) is 11.4 Å². The van der Waals surface area contributed by atoms with Gasteiger partial charge in [0.25, 0.3) is 0 Å². The van der Waals surface area contributed by atoms with Crippen LogP contribution in [0.3, 0.4) is 0 Å². The lowest BCUT2D eigenvalue weighted by molar-refractivity contribution is 0.563. The summed E-state index contributed by atoms with van der Waals surface area (Å²) in [6, 6.07) is 21.9. The maximum atomic E-state index is 13.1. The Morgan fingerprint density at radius 1 is 0.969 bits per heavy atom. The van der Waals surface area contributed by atoms with Crippen LogP contribution < -0.4 is 14.5 Å². The Kier molecular flexibility index (Phi) is 6.26. The predicted octanol–water partition coefficient (Wildman–Crippen LogP) is 4.45. The molecule has 6 heteroatoms. The van der Waals surface area contributed by atoms with E-state index < -0.39 is 10.0 Å². The van der Waals surface area contributed by atoms with Crippen LogP contribution in [-0.4, -0.2) is 35.6 Å². The minimum absolute atomic E-state index is 0.101. The molecule has 0 aliphatic carbocycles. The van der Waals surface area contributed by atoms with Gasteiger partial charge >= 0.3 is 0 Å². The van der Waals surface area contributed by atoms with Gasteiger partial charge in [0.2, 0.25) is 10.0 Å². The summed E-state index contributed by atoms with van der Waals surface area (Å²) in [5.74, 6) is 0. The number of fused-ring (bicyclic) bond motifs is 1. The van der Waals surface area contributed by atoms with Crippen LogP contribution in [0.5, 0.6) is 0 Å². The summed E-state index contributed by atoms with van der Waals surface area (Å²) in [5, 5.41) is 0. The highest BCUT2D eigenvalue weighted by Crippen LogP contribution is 2.35.